The van der Waals surface area contributed by atoms with Crippen LogP contribution in [0.4, 0.5) is 0 Å². The van der Waals surface area contributed by atoms with Crippen LogP contribution in [0.25, 0.3) is 0 Å². The van der Waals surface area contributed by atoms with Gasteiger partial charge in [0.25, 0.3) is 0 Å². The Bertz CT molecular complexity index is 148. The van der Waals surface area contributed by atoms with Gasteiger partial charge in [-0.15, -0.1) is 0 Å². The molecule has 17 heavy (non-hydrogen) atoms. The summed E-state index contributed by atoms with van der Waals surface area (Å²) in [4.78, 5) is 0. The molecule has 0 spiro atoms. The van der Waals surface area contributed by atoms with E-state index in [0.717, 1.165) is 17.8 Å². The Morgan fingerprint density at radius 3 is 1.88 bits per heavy atom. The lowest BCUT2D eigenvalue weighted by atomic mass is 9.82. The maximum atomic E-state index is 2.47. The third-order valence-corrected chi connectivity index (χ3v) is 4.12. The summed E-state index contributed by atoms with van der Waals surface area (Å²) in [5.74, 6) is 2.77. The van der Waals surface area contributed by atoms with Crippen molar-refractivity contribution in [1.29, 1.82) is 0 Å². The quantitative estimate of drug-likeness (QED) is 0.364. The summed E-state index contributed by atoms with van der Waals surface area (Å²) in [6.45, 7) is 11.9. The second-order valence-corrected chi connectivity index (χ2v) is 6.33. The molecule has 0 heteroatoms. The normalized spacial score (nSPS) is 15.2. The van der Waals surface area contributed by atoms with E-state index in [2.05, 4.69) is 34.6 Å². The molecule has 0 aromatic heterocycles. The molecule has 2 atom stereocenters. The van der Waals surface area contributed by atoms with E-state index in [1.807, 2.05) is 0 Å². The topological polar surface area (TPSA) is 0 Å². The van der Waals surface area contributed by atoms with Gasteiger partial charge < -0.3 is 0 Å². The number of hydrogen-bond donors (Lipinski definition) is 0. The van der Waals surface area contributed by atoms with Crippen molar-refractivity contribution >= 4 is 0 Å². The number of unbranched alkanes of at least 4 members (excludes halogenated alkanes) is 5. The maximum absolute atomic E-state index is 2.47. The van der Waals surface area contributed by atoms with E-state index in [9.17, 15) is 0 Å². The summed E-state index contributed by atoms with van der Waals surface area (Å²) in [5, 5.41) is 0. The Kier molecular flexibility index (Phi) is 11.1. The van der Waals surface area contributed by atoms with Crippen LogP contribution in [0.2, 0.25) is 0 Å². The van der Waals surface area contributed by atoms with E-state index in [1.54, 1.807) is 0 Å². The van der Waals surface area contributed by atoms with Gasteiger partial charge in [-0.05, 0) is 24.2 Å². The van der Waals surface area contributed by atoms with Gasteiger partial charge in [-0.2, -0.15) is 0 Å². The monoisotopic (exact) mass is 240 g/mol. The molecular weight excluding hydrogens is 204 g/mol. The molecule has 0 radical (unpaired) electrons. The molecule has 104 valence electrons. The Morgan fingerprint density at radius 1 is 0.765 bits per heavy atom. The molecule has 0 fully saturated rings. The van der Waals surface area contributed by atoms with Gasteiger partial charge in [0, 0.05) is 0 Å². The average Bonchev–Trinajstić information content (AvgIpc) is 2.30. The van der Waals surface area contributed by atoms with Gasteiger partial charge in [-0.3, -0.25) is 0 Å². The first-order valence-corrected chi connectivity index (χ1v) is 8.11. The predicted molar refractivity (Wildman–Crippen MR) is 80.4 cm³/mol. The SMILES string of the molecule is CCCCCCCCC(C)C(CC)CC(C)C. The molecule has 0 rings (SSSR count). The third kappa shape index (κ3) is 9.68. The Labute approximate surface area is 111 Å². The van der Waals surface area contributed by atoms with Crippen molar-refractivity contribution in [3.05, 3.63) is 0 Å². The summed E-state index contributed by atoms with van der Waals surface area (Å²) in [7, 11) is 0. The van der Waals surface area contributed by atoms with Gasteiger partial charge in [0.2, 0.25) is 0 Å². The van der Waals surface area contributed by atoms with Crippen molar-refractivity contribution in [2.75, 3.05) is 0 Å². The first-order chi connectivity index (χ1) is 8.11. The van der Waals surface area contributed by atoms with Crippen LogP contribution in [0, 0.1) is 17.8 Å². The first kappa shape index (κ1) is 17.0. The largest absolute Gasteiger partial charge is 0.0654 e. The van der Waals surface area contributed by atoms with Crippen LogP contribution in [-0.4, -0.2) is 0 Å². The van der Waals surface area contributed by atoms with E-state index in [1.165, 1.54) is 57.8 Å². The van der Waals surface area contributed by atoms with Crippen molar-refractivity contribution < 1.29 is 0 Å². The zero-order valence-electron chi connectivity index (χ0n) is 13.1. The van der Waals surface area contributed by atoms with E-state index in [-0.39, 0.29) is 0 Å². The fourth-order valence-corrected chi connectivity index (χ4v) is 2.89. The molecule has 2 unspecified atom stereocenters. The minimum absolute atomic E-state index is 0.868. The zero-order valence-corrected chi connectivity index (χ0v) is 13.1. The van der Waals surface area contributed by atoms with E-state index in [0.29, 0.717) is 0 Å². The fraction of sp³-hybridized carbons (Fsp3) is 1.00. The second-order valence-electron chi connectivity index (χ2n) is 6.33. The third-order valence-electron chi connectivity index (χ3n) is 4.12. The highest BCUT2D eigenvalue weighted by atomic mass is 14.2. The Balaban J connectivity index is 3.57. The summed E-state index contributed by atoms with van der Waals surface area (Å²) in [6.07, 6.45) is 12.9. The fourth-order valence-electron chi connectivity index (χ4n) is 2.89. The molecule has 0 aromatic rings. The molecular formula is C17H36. The maximum Gasteiger partial charge on any atom is -0.0389 e. The minimum Gasteiger partial charge on any atom is -0.0654 e. The molecule has 0 amide bonds. The highest BCUT2D eigenvalue weighted by Gasteiger charge is 2.16. The van der Waals surface area contributed by atoms with Gasteiger partial charge in [-0.25, -0.2) is 0 Å². The lowest BCUT2D eigenvalue weighted by Crippen LogP contribution is -2.13. The molecule has 0 aliphatic carbocycles. The molecule has 0 saturated carbocycles. The van der Waals surface area contributed by atoms with Crippen LogP contribution in [0.3, 0.4) is 0 Å². The van der Waals surface area contributed by atoms with Gasteiger partial charge in [-0.1, -0.05) is 86.0 Å². The van der Waals surface area contributed by atoms with E-state index >= 15 is 0 Å². The standard InChI is InChI=1S/C17H36/c1-6-8-9-10-11-12-13-16(5)17(7-2)14-15(3)4/h15-17H,6-14H2,1-5H3. The number of rotatable bonds is 11. The summed E-state index contributed by atoms with van der Waals surface area (Å²) >= 11 is 0. The molecule has 0 heterocycles. The minimum atomic E-state index is 0.868. The lowest BCUT2D eigenvalue weighted by Gasteiger charge is -2.24. The van der Waals surface area contributed by atoms with Crippen LogP contribution in [0.1, 0.15) is 92.4 Å². The molecule has 0 aliphatic rings. The Morgan fingerprint density at radius 2 is 1.35 bits per heavy atom. The molecule has 0 N–H and O–H groups in total. The summed E-state index contributed by atoms with van der Waals surface area (Å²) in [6, 6.07) is 0. The van der Waals surface area contributed by atoms with Crippen LogP contribution in [-0.2, 0) is 0 Å². The van der Waals surface area contributed by atoms with Crippen molar-refractivity contribution in [2.45, 2.75) is 92.4 Å². The average molecular weight is 240 g/mol. The van der Waals surface area contributed by atoms with E-state index < -0.39 is 0 Å². The molecule has 0 nitrogen and oxygen atoms in total. The van der Waals surface area contributed by atoms with E-state index in [4.69, 9.17) is 0 Å². The van der Waals surface area contributed by atoms with Crippen LogP contribution >= 0.6 is 0 Å². The highest BCUT2D eigenvalue weighted by Crippen LogP contribution is 2.27. The van der Waals surface area contributed by atoms with Gasteiger partial charge >= 0.3 is 0 Å². The second kappa shape index (κ2) is 11.1. The van der Waals surface area contributed by atoms with Crippen LogP contribution in [0.5, 0.6) is 0 Å². The van der Waals surface area contributed by atoms with Gasteiger partial charge in [0.05, 0.1) is 0 Å². The molecule has 0 aliphatic heterocycles. The molecule has 0 bridgehead atoms. The van der Waals surface area contributed by atoms with Gasteiger partial charge in [0.15, 0.2) is 0 Å². The number of hydrogen-bond acceptors (Lipinski definition) is 0. The van der Waals surface area contributed by atoms with Crippen molar-refractivity contribution in [3.63, 3.8) is 0 Å². The van der Waals surface area contributed by atoms with Crippen LogP contribution < -0.4 is 0 Å². The first-order valence-electron chi connectivity index (χ1n) is 8.11. The molecule has 0 saturated heterocycles. The Hall–Kier alpha value is 0. The summed E-state index contributed by atoms with van der Waals surface area (Å²) < 4.78 is 0. The smallest absolute Gasteiger partial charge is 0.0389 e. The predicted octanol–water partition coefficient (Wildman–Crippen LogP) is 6.45. The van der Waals surface area contributed by atoms with Crippen molar-refractivity contribution in [2.24, 2.45) is 17.8 Å². The highest BCUT2D eigenvalue weighted by molar-refractivity contribution is 4.67. The lowest BCUT2D eigenvalue weighted by molar-refractivity contribution is 0.271. The van der Waals surface area contributed by atoms with Crippen LogP contribution in [0.15, 0.2) is 0 Å². The van der Waals surface area contributed by atoms with Crippen molar-refractivity contribution in [1.82, 2.24) is 0 Å². The zero-order chi connectivity index (χ0) is 13.1. The van der Waals surface area contributed by atoms with Gasteiger partial charge in [0.1, 0.15) is 0 Å². The van der Waals surface area contributed by atoms with Crippen molar-refractivity contribution in [3.8, 4) is 0 Å². The summed E-state index contributed by atoms with van der Waals surface area (Å²) in [5.41, 5.74) is 0. The molecule has 0 aromatic carbocycles.